The summed E-state index contributed by atoms with van der Waals surface area (Å²) < 4.78 is 5.73. The number of phenolic OH excluding ortho intramolecular Hbond substituents is 1. The van der Waals surface area contributed by atoms with Gasteiger partial charge in [-0.25, -0.2) is 0 Å². The molecule has 2 unspecified atom stereocenters. The second-order valence-corrected chi connectivity index (χ2v) is 9.00. The lowest BCUT2D eigenvalue weighted by Crippen LogP contribution is -2.70. The molecule has 0 saturated heterocycles. The minimum atomic E-state index is -2.77. The number of aliphatic hydroxyl groups is 3. The summed E-state index contributed by atoms with van der Waals surface area (Å²) in [5.74, 6) is -7.81. The molecule has 6 atom stereocenters. The monoisotopic (exact) mass is 458 g/mol. The van der Waals surface area contributed by atoms with Gasteiger partial charge in [0.1, 0.15) is 22.8 Å². The van der Waals surface area contributed by atoms with E-state index in [0.29, 0.717) is 5.56 Å². The number of likely N-dealkylation sites (N-methyl/N-ethyl adjacent to an activating group) is 1. The van der Waals surface area contributed by atoms with Crippen molar-refractivity contribution >= 4 is 23.2 Å². The molecule has 3 aliphatic carbocycles. The van der Waals surface area contributed by atoms with E-state index in [1.165, 1.54) is 32.2 Å². The van der Waals surface area contributed by atoms with E-state index in [1.807, 2.05) is 0 Å². The molecule has 0 radical (unpaired) electrons. The van der Waals surface area contributed by atoms with Crippen LogP contribution in [0.1, 0.15) is 24.0 Å². The maximum Gasteiger partial charge on any atom is 0.255 e. The number of primary amides is 1. The summed E-state index contributed by atoms with van der Waals surface area (Å²) >= 11 is 0. The highest BCUT2D eigenvalue weighted by Gasteiger charge is 2.68. The van der Waals surface area contributed by atoms with Crippen molar-refractivity contribution in [2.24, 2.45) is 17.6 Å². The van der Waals surface area contributed by atoms with Crippen LogP contribution in [0.25, 0.3) is 5.76 Å². The van der Waals surface area contributed by atoms with Gasteiger partial charge >= 0.3 is 0 Å². The zero-order valence-electron chi connectivity index (χ0n) is 18.6. The Morgan fingerprint density at radius 1 is 1.18 bits per heavy atom. The van der Waals surface area contributed by atoms with Gasteiger partial charge < -0.3 is 30.9 Å². The molecule has 0 heterocycles. The summed E-state index contributed by atoms with van der Waals surface area (Å²) in [6.45, 7) is 1.78. The van der Waals surface area contributed by atoms with E-state index in [1.54, 1.807) is 19.1 Å². The van der Waals surface area contributed by atoms with Crippen molar-refractivity contribution in [2.45, 2.75) is 30.6 Å². The highest BCUT2D eigenvalue weighted by atomic mass is 16.5. The van der Waals surface area contributed by atoms with E-state index in [9.17, 15) is 34.8 Å². The molecule has 10 heteroatoms. The number of amides is 1. The number of hydrogen-bond donors (Lipinski definition) is 5. The van der Waals surface area contributed by atoms with Crippen LogP contribution in [0.3, 0.4) is 0 Å². The van der Waals surface area contributed by atoms with Crippen LogP contribution in [0.5, 0.6) is 5.75 Å². The highest BCUT2D eigenvalue weighted by Crippen LogP contribution is 2.56. The van der Waals surface area contributed by atoms with Crippen molar-refractivity contribution in [3.8, 4) is 5.75 Å². The molecule has 1 fully saturated rings. The lowest BCUT2D eigenvalue weighted by Gasteiger charge is -2.54. The predicted molar refractivity (Wildman–Crippen MR) is 115 cm³/mol. The average molecular weight is 458 g/mol. The standard InChI is InChI=1S/C23H26N2O8/c1-8-9-6-5-7-10(26)12(9)17(27)13-11(8)19(33-4)15-16(25(2)3)18(28)14(22(24)31)21(30)23(15,32)20(13)29/h5-8,11,15-16,19,26-27,30,32H,1-4H3,(H2,24,31)/t8?,11-,15-,16+,19?,23+/m1/s1. The molecule has 1 saturated carbocycles. The van der Waals surface area contributed by atoms with Crippen molar-refractivity contribution in [2.75, 3.05) is 21.2 Å². The largest absolute Gasteiger partial charge is 0.508 e. The summed E-state index contributed by atoms with van der Waals surface area (Å²) in [4.78, 5) is 40.5. The number of methoxy groups -OCH3 is 1. The number of aliphatic hydroxyl groups excluding tert-OH is 2. The van der Waals surface area contributed by atoms with Crippen LogP contribution in [0.4, 0.5) is 0 Å². The molecule has 33 heavy (non-hydrogen) atoms. The zero-order chi connectivity index (χ0) is 24.6. The lowest BCUT2D eigenvalue weighted by atomic mass is 9.54. The number of phenols is 1. The van der Waals surface area contributed by atoms with Gasteiger partial charge in [0, 0.05) is 18.6 Å². The molecule has 0 spiro atoms. The molecule has 0 aromatic heterocycles. The Morgan fingerprint density at radius 3 is 2.36 bits per heavy atom. The SMILES string of the molecule is COC1[C@H]2C(=C(O)c3c(O)cccc3C2C)C(=O)[C@]2(O)C(O)=C(C(N)=O)C(=O)[C@@H](N(C)C)[C@H]12. The first-order valence-corrected chi connectivity index (χ1v) is 10.4. The Bertz CT molecular complexity index is 1150. The third kappa shape index (κ3) is 2.74. The normalized spacial score (nSPS) is 33.7. The van der Waals surface area contributed by atoms with Crippen LogP contribution in [0, 0.1) is 11.8 Å². The number of carbonyl (C=O) groups excluding carboxylic acids is 3. The molecule has 6 N–H and O–H groups in total. The number of Topliss-reactive ketones (excluding diaryl/α,β-unsaturated/α-hetero) is 2. The summed E-state index contributed by atoms with van der Waals surface area (Å²) in [7, 11) is 4.39. The summed E-state index contributed by atoms with van der Waals surface area (Å²) in [6, 6.07) is 3.42. The van der Waals surface area contributed by atoms with E-state index in [0.717, 1.165) is 0 Å². The van der Waals surface area contributed by atoms with Gasteiger partial charge in [-0.05, 0) is 31.6 Å². The second kappa shape index (κ2) is 7.41. The van der Waals surface area contributed by atoms with Crippen LogP contribution in [-0.4, -0.2) is 81.8 Å². The number of aromatic hydroxyl groups is 1. The molecule has 0 bridgehead atoms. The number of benzene rings is 1. The molecule has 1 aromatic rings. The fourth-order valence-electron chi connectivity index (χ4n) is 5.84. The Morgan fingerprint density at radius 2 is 1.82 bits per heavy atom. The smallest absolute Gasteiger partial charge is 0.255 e. The van der Waals surface area contributed by atoms with Gasteiger partial charge in [-0.1, -0.05) is 19.1 Å². The first-order chi connectivity index (χ1) is 15.4. The second-order valence-electron chi connectivity index (χ2n) is 9.00. The van der Waals surface area contributed by atoms with Gasteiger partial charge in [-0.15, -0.1) is 0 Å². The lowest BCUT2D eigenvalue weighted by molar-refractivity contribution is -0.173. The number of ketones is 2. The van der Waals surface area contributed by atoms with Crippen LogP contribution in [-0.2, 0) is 19.1 Å². The molecule has 3 aliphatic rings. The third-order valence-electron chi connectivity index (χ3n) is 7.24. The van der Waals surface area contributed by atoms with Gasteiger partial charge in [0.25, 0.3) is 5.91 Å². The van der Waals surface area contributed by atoms with E-state index in [-0.39, 0.29) is 16.9 Å². The van der Waals surface area contributed by atoms with Crippen LogP contribution in [0.2, 0.25) is 0 Å². The number of fused-ring (bicyclic) bond motifs is 3. The van der Waals surface area contributed by atoms with Crippen molar-refractivity contribution in [3.63, 3.8) is 0 Å². The Hall–Kier alpha value is -3.21. The van der Waals surface area contributed by atoms with E-state index in [2.05, 4.69) is 0 Å². The number of carbonyl (C=O) groups is 3. The summed E-state index contributed by atoms with van der Waals surface area (Å²) in [5, 5.41) is 44.1. The average Bonchev–Trinajstić information content (AvgIpc) is 2.73. The van der Waals surface area contributed by atoms with Gasteiger partial charge in [0.15, 0.2) is 11.4 Å². The van der Waals surface area contributed by atoms with Crippen molar-refractivity contribution in [1.29, 1.82) is 0 Å². The van der Waals surface area contributed by atoms with Crippen molar-refractivity contribution in [3.05, 3.63) is 46.2 Å². The van der Waals surface area contributed by atoms with Gasteiger partial charge in [0.2, 0.25) is 5.78 Å². The highest BCUT2D eigenvalue weighted by molar-refractivity contribution is 6.24. The van der Waals surface area contributed by atoms with Gasteiger partial charge in [0.05, 0.1) is 23.6 Å². The molecular weight excluding hydrogens is 432 g/mol. The summed E-state index contributed by atoms with van der Waals surface area (Å²) in [6.07, 6.45) is -1.04. The molecule has 4 rings (SSSR count). The quantitative estimate of drug-likeness (QED) is 0.396. The van der Waals surface area contributed by atoms with E-state index in [4.69, 9.17) is 10.5 Å². The molecule has 1 aromatic carbocycles. The Kier molecular flexibility index (Phi) is 5.15. The molecule has 176 valence electrons. The Labute approximate surface area is 189 Å². The number of rotatable bonds is 3. The van der Waals surface area contributed by atoms with E-state index < -0.39 is 70.1 Å². The minimum absolute atomic E-state index is 0.0381. The Balaban J connectivity index is 2.09. The topological polar surface area (TPSA) is 171 Å². The number of hydrogen-bond acceptors (Lipinski definition) is 9. The maximum absolute atomic E-state index is 13.8. The van der Waals surface area contributed by atoms with E-state index >= 15 is 0 Å². The number of ether oxygens (including phenoxy) is 1. The molecule has 10 nitrogen and oxygen atoms in total. The van der Waals surface area contributed by atoms with Gasteiger partial charge in [-0.2, -0.15) is 0 Å². The zero-order valence-corrected chi connectivity index (χ0v) is 18.6. The molecule has 0 aliphatic heterocycles. The van der Waals surface area contributed by atoms with Crippen molar-refractivity contribution < 1.29 is 39.5 Å². The molecule has 1 amide bonds. The fraction of sp³-hybridized carbons (Fsp3) is 0.435. The van der Waals surface area contributed by atoms with Gasteiger partial charge in [-0.3, -0.25) is 19.3 Å². The van der Waals surface area contributed by atoms with Crippen molar-refractivity contribution in [1.82, 2.24) is 4.90 Å². The first-order valence-electron chi connectivity index (χ1n) is 10.4. The van der Waals surface area contributed by atoms with Crippen LogP contribution >= 0.6 is 0 Å². The van der Waals surface area contributed by atoms with Crippen LogP contribution in [0.15, 0.2) is 35.1 Å². The summed E-state index contributed by atoms with van der Waals surface area (Å²) in [5.41, 5.74) is 2.02. The fourth-order valence-corrected chi connectivity index (χ4v) is 5.84. The number of nitrogens with two attached hydrogens (primary N) is 1. The maximum atomic E-state index is 13.8. The first kappa shape index (κ1) is 23.0. The van der Waals surface area contributed by atoms with Crippen LogP contribution < -0.4 is 5.73 Å². The minimum Gasteiger partial charge on any atom is -0.508 e. The third-order valence-corrected chi connectivity index (χ3v) is 7.24. The molecular formula is C23H26N2O8. The number of nitrogens with zero attached hydrogens (tertiary/aromatic N) is 1. The predicted octanol–water partition coefficient (Wildman–Crippen LogP) is 0.150.